The SMILES string of the molecule is COc1cc(Cl)cc(CC(C)N)c1OCc1ccc(Cl)s1. The van der Waals surface area contributed by atoms with Gasteiger partial charge >= 0.3 is 0 Å². The predicted octanol–water partition coefficient (Wildman–Crippen LogP) is 4.53. The fourth-order valence-corrected chi connectivity index (χ4v) is 3.24. The van der Waals surface area contributed by atoms with Crippen LogP contribution in [0.25, 0.3) is 0 Å². The first-order chi connectivity index (χ1) is 9.99. The van der Waals surface area contributed by atoms with Crippen molar-refractivity contribution < 1.29 is 9.47 Å². The molecule has 6 heteroatoms. The highest BCUT2D eigenvalue weighted by Crippen LogP contribution is 2.36. The van der Waals surface area contributed by atoms with E-state index in [2.05, 4.69) is 0 Å². The van der Waals surface area contributed by atoms with Gasteiger partial charge in [0.25, 0.3) is 0 Å². The summed E-state index contributed by atoms with van der Waals surface area (Å²) in [5.41, 5.74) is 6.83. The molecule has 1 aromatic carbocycles. The molecule has 2 rings (SSSR count). The number of nitrogens with two attached hydrogens (primary N) is 1. The first kappa shape index (κ1) is 16.4. The number of methoxy groups -OCH3 is 1. The maximum Gasteiger partial charge on any atom is 0.165 e. The summed E-state index contributed by atoms with van der Waals surface area (Å²) in [5, 5.41) is 0.606. The molecule has 0 aliphatic heterocycles. The first-order valence-corrected chi connectivity index (χ1v) is 8.06. The minimum atomic E-state index is 0.00621. The standard InChI is InChI=1S/C15H17Cl2NO2S/c1-9(18)5-10-6-11(16)7-13(19-2)15(10)20-8-12-3-4-14(17)21-12/h3-4,6-7,9H,5,8,18H2,1-2H3. The van der Waals surface area contributed by atoms with Gasteiger partial charge in [-0.3, -0.25) is 0 Å². The molecule has 0 aliphatic rings. The van der Waals surface area contributed by atoms with Crippen molar-refractivity contribution in [3.8, 4) is 11.5 Å². The summed E-state index contributed by atoms with van der Waals surface area (Å²) >= 11 is 13.5. The van der Waals surface area contributed by atoms with Crippen molar-refractivity contribution in [1.82, 2.24) is 0 Å². The second-order valence-electron chi connectivity index (χ2n) is 4.77. The summed E-state index contributed by atoms with van der Waals surface area (Å²) in [6.07, 6.45) is 0.664. The lowest BCUT2D eigenvalue weighted by Crippen LogP contribution is -2.18. The molecule has 1 atom stereocenters. The van der Waals surface area contributed by atoms with Gasteiger partial charge in [0.05, 0.1) is 11.4 Å². The molecule has 1 aromatic heterocycles. The van der Waals surface area contributed by atoms with Gasteiger partial charge in [-0.05, 0) is 31.5 Å². The third-order valence-corrected chi connectivity index (χ3v) is 4.27. The largest absolute Gasteiger partial charge is 0.493 e. The molecule has 0 amide bonds. The van der Waals surface area contributed by atoms with Gasteiger partial charge in [-0.2, -0.15) is 0 Å². The third kappa shape index (κ3) is 4.51. The topological polar surface area (TPSA) is 44.5 Å². The number of halogens is 2. The number of hydrogen-bond donors (Lipinski definition) is 1. The maximum absolute atomic E-state index is 6.11. The lowest BCUT2D eigenvalue weighted by molar-refractivity contribution is 0.283. The van der Waals surface area contributed by atoms with Crippen LogP contribution in [0.2, 0.25) is 9.36 Å². The van der Waals surface area contributed by atoms with Gasteiger partial charge in [0.1, 0.15) is 6.61 Å². The molecule has 0 radical (unpaired) electrons. The fourth-order valence-electron chi connectivity index (χ4n) is 2.01. The summed E-state index contributed by atoms with van der Waals surface area (Å²) in [6.45, 7) is 2.37. The zero-order chi connectivity index (χ0) is 15.4. The minimum Gasteiger partial charge on any atom is -0.493 e. The molecule has 114 valence electrons. The Balaban J connectivity index is 2.26. The average Bonchev–Trinajstić information content (AvgIpc) is 2.82. The number of thiophene rings is 1. The van der Waals surface area contributed by atoms with Crippen LogP contribution in [0.5, 0.6) is 11.5 Å². The molecule has 1 heterocycles. The van der Waals surface area contributed by atoms with E-state index < -0.39 is 0 Å². The third-order valence-electron chi connectivity index (χ3n) is 2.85. The van der Waals surface area contributed by atoms with E-state index in [0.29, 0.717) is 29.5 Å². The zero-order valence-electron chi connectivity index (χ0n) is 11.9. The van der Waals surface area contributed by atoms with Crippen LogP contribution in [-0.4, -0.2) is 13.2 Å². The lowest BCUT2D eigenvalue weighted by Gasteiger charge is -2.16. The second kappa shape index (κ2) is 7.36. The van der Waals surface area contributed by atoms with E-state index in [4.69, 9.17) is 38.4 Å². The van der Waals surface area contributed by atoms with E-state index in [1.165, 1.54) is 11.3 Å². The van der Waals surface area contributed by atoms with Gasteiger partial charge in [-0.1, -0.05) is 23.2 Å². The highest BCUT2D eigenvalue weighted by Gasteiger charge is 2.15. The van der Waals surface area contributed by atoms with Crippen LogP contribution in [-0.2, 0) is 13.0 Å². The van der Waals surface area contributed by atoms with E-state index in [0.717, 1.165) is 14.8 Å². The van der Waals surface area contributed by atoms with Crippen LogP contribution in [0.4, 0.5) is 0 Å². The summed E-state index contributed by atoms with van der Waals surface area (Å²) in [6, 6.07) is 7.41. The van der Waals surface area contributed by atoms with Gasteiger partial charge in [-0.25, -0.2) is 0 Å². The van der Waals surface area contributed by atoms with Crippen LogP contribution in [0.15, 0.2) is 24.3 Å². The zero-order valence-corrected chi connectivity index (χ0v) is 14.2. The van der Waals surface area contributed by atoms with Gasteiger partial charge in [-0.15, -0.1) is 11.3 Å². The summed E-state index contributed by atoms with van der Waals surface area (Å²) < 4.78 is 12.0. The molecule has 0 fully saturated rings. The van der Waals surface area contributed by atoms with Gasteiger partial charge in [0.15, 0.2) is 11.5 Å². The van der Waals surface area contributed by atoms with Crippen LogP contribution in [0, 0.1) is 0 Å². The Morgan fingerprint density at radius 1 is 1.29 bits per heavy atom. The average molecular weight is 346 g/mol. The molecule has 0 saturated heterocycles. The molecule has 0 spiro atoms. The Kier molecular flexibility index (Phi) is 5.76. The predicted molar refractivity (Wildman–Crippen MR) is 89.0 cm³/mol. The smallest absolute Gasteiger partial charge is 0.165 e. The normalized spacial score (nSPS) is 12.2. The lowest BCUT2D eigenvalue weighted by atomic mass is 10.1. The second-order valence-corrected chi connectivity index (χ2v) is 7.01. The monoisotopic (exact) mass is 345 g/mol. The minimum absolute atomic E-state index is 0.00621. The van der Waals surface area contributed by atoms with Crippen LogP contribution < -0.4 is 15.2 Å². The highest BCUT2D eigenvalue weighted by molar-refractivity contribution is 7.16. The van der Waals surface area contributed by atoms with Crippen molar-refractivity contribution in [3.63, 3.8) is 0 Å². The van der Waals surface area contributed by atoms with E-state index in [9.17, 15) is 0 Å². The van der Waals surface area contributed by atoms with Crippen molar-refractivity contribution in [2.45, 2.75) is 26.0 Å². The van der Waals surface area contributed by atoms with Gasteiger partial charge in [0.2, 0.25) is 0 Å². The maximum atomic E-state index is 6.11. The summed E-state index contributed by atoms with van der Waals surface area (Å²) in [7, 11) is 1.59. The van der Waals surface area contributed by atoms with Gasteiger partial charge < -0.3 is 15.2 Å². The number of rotatable bonds is 6. The number of hydrogen-bond acceptors (Lipinski definition) is 4. The Bertz CT molecular complexity index is 614. The van der Waals surface area contributed by atoms with Crippen molar-refractivity contribution >= 4 is 34.5 Å². The number of ether oxygens (including phenoxy) is 2. The quantitative estimate of drug-likeness (QED) is 0.836. The first-order valence-electron chi connectivity index (χ1n) is 6.48. The molecule has 21 heavy (non-hydrogen) atoms. The highest BCUT2D eigenvalue weighted by atomic mass is 35.5. The van der Waals surface area contributed by atoms with Crippen molar-refractivity contribution in [2.24, 2.45) is 5.73 Å². The van der Waals surface area contributed by atoms with Crippen molar-refractivity contribution in [2.75, 3.05) is 7.11 Å². The van der Waals surface area contributed by atoms with Crippen molar-refractivity contribution in [1.29, 1.82) is 0 Å². The fraction of sp³-hybridized carbons (Fsp3) is 0.333. The molecule has 0 bridgehead atoms. The van der Waals surface area contributed by atoms with E-state index >= 15 is 0 Å². The molecule has 2 N–H and O–H groups in total. The van der Waals surface area contributed by atoms with Crippen LogP contribution in [0.3, 0.4) is 0 Å². The Morgan fingerprint density at radius 3 is 2.62 bits per heavy atom. The van der Waals surface area contributed by atoms with E-state index in [1.54, 1.807) is 13.2 Å². The Morgan fingerprint density at radius 2 is 2.05 bits per heavy atom. The summed E-state index contributed by atoms with van der Waals surface area (Å²) in [5.74, 6) is 1.30. The van der Waals surface area contributed by atoms with E-state index in [-0.39, 0.29) is 6.04 Å². The van der Waals surface area contributed by atoms with Gasteiger partial charge in [0, 0.05) is 27.6 Å². The summed E-state index contributed by atoms with van der Waals surface area (Å²) in [4.78, 5) is 1.05. The molecular weight excluding hydrogens is 329 g/mol. The molecular formula is C15H17Cl2NO2S. The molecule has 0 saturated carbocycles. The Labute approximate surface area is 138 Å². The number of benzene rings is 1. The van der Waals surface area contributed by atoms with Crippen LogP contribution >= 0.6 is 34.5 Å². The Hall–Kier alpha value is -0.940. The molecule has 3 nitrogen and oxygen atoms in total. The van der Waals surface area contributed by atoms with E-state index in [1.807, 2.05) is 25.1 Å². The molecule has 1 unspecified atom stereocenters. The van der Waals surface area contributed by atoms with Crippen LogP contribution in [0.1, 0.15) is 17.4 Å². The van der Waals surface area contributed by atoms with Crippen molar-refractivity contribution in [3.05, 3.63) is 44.1 Å². The molecule has 2 aromatic rings. The molecule has 0 aliphatic carbocycles.